The lowest BCUT2D eigenvalue weighted by molar-refractivity contribution is 0.600. The summed E-state index contributed by atoms with van der Waals surface area (Å²) in [6.07, 6.45) is 3.39. The van der Waals surface area contributed by atoms with Gasteiger partial charge in [0.05, 0.1) is 11.4 Å². The lowest BCUT2D eigenvalue weighted by Gasteiger charge is -2.07. The van der Waals surface area contributed by atoms with Crippen LogP contribution in [0.4, 0.5) is 11.5 Å². The van der Waals surface area contributed by atoms with Crippen molar-refractivity contribution in [1.29, 1.82) is 0 Å². The molecule has 0 aliphatic heterocycles. The van der Waals surface area contributed by atoms with E-state index in [1.165, 1.54) is 6.26 Å². The van der Waals surface area contributed by atoms with Crippen molar-refractivity contribution in [2.24, 2.45) is 0 Å². The Morgan fingerprint density at radius 2 is 2.25 bits per heavy atom. The van der Waals surface area contributed by atoms with E-state index in [2.05, 4.69) is 26.2 Å². The SMILES string of the molecule is CS(=O)(=O)CCCNc1ncc(Br)cc1N. The first-order chi connectivity index (χ1) is 7.38. The number of rotatable bonds is 5. The van der Waals surface area contributed by atoms with Gasteiger partial charge in [0.15, 0.2) is 0 Å². The molecule has 0 saturated heterocycles. The van der Waals surface area contributed by atoms with Crippen LogP contribution in [0.2, 0.25) is 0 Å². The first-order valence-corrected chi connectivity index (χ1v) is 7.56. The molecule has 1 aromatic rings. The van der Waals surface area contributed by atoms with Crippen molar-refractivity contribution in [2.75, 3.05) is 29.6 Å². The quantitative estimate of drug-likeness (QED) is 0.800. The van der Waals surface area contributed by atoms with Gasteiger partial charge in [-0.25, -0.2) is 13.4 Å². The van der Waals surface area contributed by atoms with Gasteiger partial charge in [0.25, 0.3) is 0 Å². The third-order valence-electron chi connectivity index (χ3n) is 1.87. The predicted octanol–water partition coefficient (Wildman–Crippen LogP) is 1.27. The molecule has 0 radical (unpaired) electrons. The summed E-state index contributed by atoms with van der Waals surface area (Å²) in [5.41, 5.74) is 6.25. The van der Waals surface area contributed by atoms with Crippen LogP contribution in [0.15, 0.2) is 16.7 Å². The molecule has 0 fully saturated rings. The topological polar surface area (TPSA) is 85.1 Å². The van der Waals surface area contributed by atoms with Crippen LogP contribution >= 0.6 is 15.9 Å². The minimum absolute atomic E-state index is 0.163. The molecule has 0 saturated carbocycles. The fourth-order valence-corrected chi connectivity index (χ4v) is 2.16. The van der Waals surface area contributed by atoms with Crippen molar-refractivity contribution in [3.63, 3.8) is 0 Å². The Labute approximate surface area is 103 Å². The van der Waals surface area contributed by atoms with Crippen LogP contribution in [0.1, 0.15) is 6.42 Å². The van der Waals surface area contributed by atoms with Gasteiger partial charge in [0, 0.05) is 23.5 Å². The average molecular weight is 308 g/mol. The Morgan fingerprint density at radius 3 is 2.81 bits per heavy atom. The van der Waals surface area contributed by atoms with E-state index >= 15 is 0 Å². The molecule has 0 aliphatic rings. The molecule has 0 atom stereocenters. The first kappa shape index (κ1) is 13.2. The number of nitrogens with two attached hydrogens (primary N) is 1. The van der Waals surface area contributed by atoms with Gasteiger partial charge >= 0.3 is 0 Å². The van der Waals surface area contributed by atoms with Crippen LogP contribution < -0.4 is 11.1 Å². The monoisotopic (exact) mass is 307 g/mol. The van der Waals surface area contributed by atoms with Gasteiger partial charge in [-0.2, -0.15) is 0 Å². The van der Waals surface area contributed by atoms with E-state index in [1.54, 1.807) is 12.3 Å². The van der Waals surface area contributed by atoms with Crippen LogP contribution in [0.5, 0.6) is 0 Å². The summed E-state index contributed by atoms with van der Waals surface area (Å²) in [6.45, 7) is 0.534. The molecule has 1 aromatic heterocycles. The summed E-state index contributed by atoms with van der Waals surface area (Å²) in [6, 6.07) is 1.74. The maximum atomic E-state index is 10.9. The van der Waals surface area contributed by atoms with Crippen LogP contribution in [0.25, 0.3) is 0 Å². The van der Waals surface area contributed by atoms with E-state index in [1.807, 2.05) is 0 Å². The van der Waals surface area contributed by atoms with Crippen LogP contribution in [0.3, 0.4) is 0 Å². The number of pyridine rings is 1. The third kappa shape index (κ3) is 4.80. The second-order valence-electron chi connectivity index (χ2n) is 3.50. The zero-order valence-electron chi connectivity index (χ0n) is 8.90. The largest absolute Gasteiger partial charge is 0.396 e. The van der Waals surface area contributed by atoms with Crippen molar-refractivity contribution >= 4 is 37.3 Å². The van der Waals surface area contributed by atoms with Gasteiger partial charge in [-0.3, -0.25) is 0 Å². The Balaban J connectivity index is 2.43. The highest BCUT2D eigenvalue weighted by Gasteiger charge is 2.03. The van der Waals surface area contributed by atoms with E-state index in [0.717, 1.165) is 4.47 Å². The van der Waals surface area contributed by atoms with Crippen molar-refractivity contribution in [3.8, 4) is 0 Å². The maximum Gasteiger partial charge on any atom is 0.149 e. The molecule has 0 aromatic carbocycles. The Hall–Kier alpha value is -0.820. The molecular formula is C9H14BrN3O2S. The van der Waals surface area contributed by atoms with E-state index < -0.39 is 9.84 Å². The molecule has 0 amide bonds. The van der Waals surface area contributed by atoms with Gasteiger partial charge in [-0.05, 0) is 28.4 Å². The highest BCUT2D eigenvalue weighted by Crippen LogP contribution is 2.19. The molecule has 0 aliphatic carbocycles. The molecule has 90 valence electrons. The summed E-state index contributed by atoms with van der Waals surface area (Å²) in [7, 11) is -2.89. The second-order valence-corrected chi connectivity index (χ2v) is 6.68. The number of sulfone groups is 1. The molecule has 5 nitrogen and oxygen atoms in total. The maximum absolute atomic E-state index is 10.9. The summed E-state index contributed by atoms with van der Waals surface area (Å²) >= 11 is 3.25. The number of anilines is 2. The summed E-state index contributed by atoms with van der Waals surface area (Å²) in [5, 5.41) is 2.99. The van der Waals surface area contributed by atoms with Gasteiger partial charge in [0.1, 0.15) is 15.7 Å². The molecule has 1 heterocycles. The lowest BCUT2D eigenvalue weighted by Crippen LogP contribution is -2.11. The number of nitrogen functional groups attached to an aromatic ring is 1. The van der Waals surface area contributed by atoms with Crippen molar-refractivity contribution < 1.29 is 8.42 Å². The molecule has 0 spiro atoms. The predicted molar refractivity (Wildman–Crippen MR) is 69.2 cm³/mol. The number of aromatic nitrogens is 1. The smallest absolute Gasteiger partial charge is 0.149 e. The summed E-state index contributed by atoms with van der Waals surface area (Å²) in [4.78, 5) is 4.08. The van der Waals surface area contributed by atoms with E-state index in [4.69, 9.17) is 5.73 Å². The highest BCUT2D eigenvalue weighted by atomic mass is 79.9. The lowest BCUT2D eigenvalue weighted by atomic mass is 10.4. The second kappa shape index (κ2) is 5.49. The van der Waals surface area contributed by atoms with E-state index in [0.29, 0.717) is 24.5 Å². The summed E-state index contributed by atoms with van der Waals surface area (Å²) < 4.78 is 22.6. The molecule has 3 N–H and O–H groups in total. The van der Waals surface area contributed by atoms with Crippen molar-refractivity contribution in [1.82, 2.24) is 4.98 Å². The Morgan fingerprint density at radius 1 is 1.56 bits per heavy atom. The van der Waals surface area contributed by atoms with E-state index in [-0.39, 0.29) is 5.75 Å². The molecule has 1 rings (SSSR count). The van der Waals surface area contributed by atoms with Crippen molar-refractivity contribution in [2.45, 2.75) is 6.42 Å². The number of hydrogen-bond acceptors (Lipinski definition) is 5. The van der Waals surface area contributed by atoms with Crippen LogP contribution in [-0.4, -0.2) is 32.0 Å². The molecule has 16 heavy (non-hydrogen) atoms. The first-order valence-electron chi connectivity index (χ1n) is 4.71. The normalized spacial score (nSPS) is 11.4. The van der Waals surface area contributed by atoms with Gasteiger partial charge in [0.2, 0.25) is 0 Å². The fourth-order valence-electron chi connectivity index (χ4n) is 1.14. The molecule has 0 bridgehead atoms. The van der Waals surface area contributed by atoms with Gasteiger partial charge in [-0.15, -0.1) is 0 Å². The highest BCUT2D eigenvalue weighted by molar-refractivity contribution is 9.10. The van der Waals surface area contributed by atoms with Crippen LogP contribution in [0, 0.1) is 0 Å². The standard InChI is InChI=1S/C9H14BrN3O2S/c1-16(14,15)4-2-3-12-9-8(11)5-7(10)6-13-9/h5-6H,2-4,11H2,1H3,(H,12,13). The number of nitrogens with one attached hydrogen (secondary N) is 1. The molecule has 7 heteroatoms. The molecule has 0 unspecified atom stereocenters. The Kier molecular flexibility index (Phi) is 4.55. The zero-order chi connectivity index (χ0) is 12.2. The van der Waals surface area contributed by atoms with Crippen LogP contribution in [-0.2, 0) is 9.84 Å². The minimum Gasteiger partial charge on any atom is -0.396 e. The summed E-state index contributed by atoms with van der Waals surface area (Å²) in [5.74, 6) is 0.743. The van der Waals surface area contributed by atoms with E-state index in [9.17, 15) is 8.42 Å². The third-order valence-corrected chi connectivity index (χ3v) is 3.33. The molecular weight excluding hydrogens is 294 g/mol. The fraction of sp³-hybridized carbons (Fsp3) is 0.444. The van der Waals surface area contributed by atoms with Gasteiger partial charge in [-0.1, -0.05) is 0 Å². The zero-order valence-corrected chi connectivity index (χ0v) is 11.3. The van der Waals surface area contributed by atoms with Gasteiger partial charge < -0.3 is 11.1 Å². The Bertz CT molecular complexity index is 462. The average Bonchev–Trinajstić information content (AvgIpc) is 2.13. The minimum atomic E-state index is -2.89. The number of hydrogen-bond donors (Lipinski definition) is 2. The number of nitrogens with zero attached hydrogens (tertiary/aromatic N) is 1. The van der Waals surface area contributed by atoms with Crippen molar-refractivity contribution in [3.05, 3.63) is 16.7 Å². The number of halogens is 1.